The third kappa shape index (κ3) is 4.07. The molecule has 2 aromatic carbocycles. The first-order chi connectivity index (χ1) is 12.1. The molecule has 0 fully saturated rings. The molecule has 1 N–H and O–H groups in total. The Balaban J connectivity index is 1.70. The molecule has 0 aromatic heterocycles. The minimum atomic E-state index is 0.226. The smallest absolute Gasteiger partial charge is 0.127 e. The molecule has 2 aromatic rings. The Kier molecular flexibility index (Phi) is 5.49. The molecule has 4 heteroatoms. The van der Waals surface area contributed by atoms with Crippen LogP contribution in [-0.4, -0.2) is 19.8 Å². The third-order valence-electron chi connectivity index (χ3n) is 4.57. The van der Waals surface area contributed by atoms with Gasteiger partial charge in [0.2, 0.25) is 0 Å². The minimum Gasteiger partial charge on any atom is -0.497 e. The van der Waals surface area contributed by atoms with E-state index in [9.17, 15) is 0 Å². The topological polar surface area (TPSA) is 39.7 Å². The normalized spacial score (nSPS) is 16.9. The Morgan fingerprint density at radius 1 is 1.20 bits per heavy atom. The maximum Gasteiger partial charge on any atom is 0.127 e. The van der Waals surface area contributed by atoms with E-state index in [2.05, 4.69) is 43.4 Å². The quantitative estimate of drug-likeness (QED) is 0.816. The summed E-state index contributed by atoms with van der Waals surface area (Å²) >= 11 is 0. The van der Waals surface area contributed by atoms with Gasteiger partial charge in [-0.2, -0.15) is 0 Å². The molecule has 0 bridgehead atoms. The van der Waals surface area contributed by atoms with Crippen LogP contribution in [0.1, 0.15) is 43.5 Å². The number of ether oxygens (including phenoxy) is 3. The van der Waals surface area contributed by atoms with Gasteiger partial charge in [0.15, 0.2) is 0 Å². The predicted molar refractivity (Wildman–Crippen MR) is 99.7 cm³/mol. The number of hydrogen-bond acceptors (Lipinski definition) is 4. The molecular weight excluding hydrogens is 314 g/mol. The summed E-state index contributed by atoms with van der Waals surface area (Å²) in [6.07, 6.45) is 1.16. The Morgan fingerprint density at radius 3 is 2.64 bits per heavy atom. The van der Waals surface area contributed by atoms with Crippen molar-refractivity contribution in [2.75, 3.05) is 13.7 Å². The number of fused-ring (bicyclic) bond motifs is 1. The zero-order chi connectivity index (χ0) is 17.8. The lowest BCUT2D eigenvalue weighted by atomic mass is 10.0. The van der Waals surface area contributed by atoms with E-state index in [0.717, 1.165) is 35.8 Å². The second-order valence-corrected chi connectivity index (χ2v) is 6.51. The van der Waals surface area contributed by atoms with Gasteiger partial charge in [0, 0.05) is 30.1 Å². The lowest BCUT2D eigenvalue weighted by molar-refractivity contribution is 0.252. The molecule has 0 spiro atoms. The molecule has 3 rings (SSSR count). The van der Waals surface area contributed by atoms with Crippen LogP contribution in [0.15, 0.2) is 36.4 Å². The fraction of sp³-hybridized carbons (Fsp3) is 0.429. The van der Waals surface area contributed by atoms with Gasteiger partial charge in [0.25, 0.3) is 0 Å². The standard InChI is InChI=1S/C21H27NO3/c1-5-24-19-8-6-16(7-9-19)15(3)22-13-18-12-20(23-4)11-17-10-14(2)25-21(17)18/h6-9,11-12,14-15,22H,5,10,13H2,1-4H3. The van der Waals surface area contributed by atoms with Crippen molar-refractivity contribution in [3.63, 3.8) is 0 Å². The molecule has 134 valence electrons. The predicted octanol–water partition coefficient (Wildman–Crippen LogP) is 4.27. The SMILES string of the molecule is CCOc1ccc(C(C)NCc2cc(OC)cc3c2OC(C)C3)cc1. The van der Waals surface area contributed by atoms with E-state index in [0.29, 0.717) is 6.61 Å². The summed E-state index contributed by atoms with van der Waals surface area (Å²) in [5, 5.41) is 3.59. The molecule has 1 aliphatic rings. The van der Waals surface area contributed by atoms with Crippen molar-refractivity contribution in [3.05, 3.63) is 53.1 Å². The highest BCUT2D eigenvalue weighted by Gasteiger charge is 2.23. The first-order valence-electron chi connectivity index (χ1n) is 8.93. The summed E-state index contributed by atoms with van der Waals surface area (Å²) in [6, 6.07) is 12.6. The molecule has 0 aliphatic carbocycles. The molecule has 1 heterocycles. The molecule has 0 saturated carbocycles. The number of rotatable bonds is 7. The van der Waals surface area contributed by atoms with Crippen molar-refractivity contribution in [1.29, 1.82) is 0 Å². The van der Waals surface area contributed by atoms with Crippen LogP contribution in [0.4, 0.5) is 0 Å². The first-order valence-corrected chi connectivity index (χ1v) is 8.93. The molecule has 0 saturated heterocycles. The van der Waals surface area contributed by atoms with E-state index in [1.165, 1.54) is 11.1 Å². The summed E-state index contributed by atoms with van der Waals surface area (Å²) in [5.74, 6) is 2.81. The molecule has 2 atom stereocenters. The lowest BCUT2D eigenvalue weighted by Gasteiger charge is -2.17. The van der Waals surface area contributed by atoms with Crippen LogP contribution in [0.5, 0.6) is 17.2 Å². The third-order valence-corrected chi connectivity index (χ3v) is 4.57. The Morgan fingerprint density at radius 2 is 1.96 bits per heavy atom. The van der Waals surface area contributed by atoms with Gasteiger partial charge in [0.1, 0.15) is 23.4 Å². The largest absolute Gasteiger partial charge is 0.497 e. The molecule has 4 nitrogen and oxygen atoms in total. The van der Waals surface area contributed by atoms with E-state index < -0.39 is 0 Å². The van der Waals surface area contributed by atoms with Crippen molar-refractivity contribution in [2.24, 2.45) is 0 Å². The maximum absolute atomic E-state index is 6.01. The summed E-state index contributed by atoms with van der Waals surface area (Å²) in [4.78, 5) is 0. The monoisotopic (exact) mass is 341 g/mol. The van der Waals surface area contributed by atoms with Gasteiger partial charge in [-0.3, -0.25) is 0 Å². The molecule has 1 aliphatic heterocycles. The van der Waals surface area contributed by atoms with Crippen LogP contribution in [0.3, 0.4) is 0 Å². The van der Waals surface area contributed by atoms with Crippen LogP contribution >= 0.6 is 0 Å². The Hall–Kier alpha value is -2.20. The maximum atomic E-state index is 6.01. The summed E-state index contributed by atoms with van der Waals surface area (Å²) in [6.45, 7) is 7.69. The Bertz CT molecular complexity index is 712. The van der Waals surface area contributed by atoms with E-state index in [1.807, 2.05) is 19.1 Å². The van der Waals surface area contributed by atoms with Crippen molar-refractivity contribution in [2.45, 2.75) is 45.9 Å². The lowest BCUT2D eigenvalue weighted by Crippen LogP contribution is -2.18. The van der Waals surface area contributed by atoms with Crippen LogP contribution < -0.4 is 19.5 Å². The molecule has 0 amide bonds. The van der Waals surface area contributed by atoms with Crippen molar-refractivity contribution in [3.8, 4) is 17.2 Å². The van der Waals surface area contributed by atoms with Gasteiger partial charge >= 0.3 is 0 Å². The van der Waals surface area contributed by atoms with Crippen molar-refractivity contribution in [1.82, 2.24) is 5.32 Å². The van der Waals surface area contributed by atoms with E-state index in [-0.39, 0.29) is 12.1 Å². The molecular formula is C21H27NO3. The second-order valence-electron chi connectivity index (χ2n) is 6.51. The van der Waals surface area contributed by atoms with Gasteiger partial charge in [0.05, 0.1) is 13.7 Å². The molecule has 25 heavy (non-hydrogen) atoms. The van der Waals surface area contributed by atoms with Gasteiger partial charge in [-0.1, -0.05) is 12.1 Å². The highest BCUT2D eigenvalue weighted by Crippen LogP contribution is 2.36. The van der Waals surface area contributed by atoms with E-state index >= 15 is 0 Å². The van der Waals surface area contributed by atoms with Crippen LogP contribution in [-0.2, 0) is 13.0 Å². The van der Waals surface area contributed by atoms with Gasteiger partial charge in [-0.25, -0.2) is 0 Å². The number of hydrogen-bond donors (Lipinski definition) is 1. The highest BCUT2D eigenvalue weighted by atomic mass is 16.5. The van der Waals surface area contributed by atoms with E-state index in [4.69, 9.17) is 14.2 Å². The van der Waals surface area contributed by atoms with Gasteiger partial charge < -0.3 is 19.5 Å². The molecule has 2 unspecified atom stereocenters. The molecule has 0 radical (unpaired) electrons. The first kappa shape index (κ1) is 17.6. The van der Waals surface area contributed by atoms with Gasteiger partial charge in [-0.15, -0.1) is 0 Å². The van der Waals surface area contributed by atoms with Crippen molar-refractivity contribution < 1.29 is 14.2 Å². The minimum absolute atomic E-state index is 0.226. The summed E-state index contributed by atoms with van der Waals surface area (Å²) < 4.78 is 17.0. The number of nitrogens with one attached hydrogen (secondary N) is 1. The number of methoxy groups -OCH3 is 1. The summed E-state index contributed by atoms with van der Waals surface area (Å²) in [7, 11) is 1.71. The number of benzene rings is 2. The fourth-order valence-corrected chi connectivity index (χ4v) is 3.23. The average Bonchev–Trinajstić information content (AvgIpc) is 3.00. The highest BCUT2D eigenvalue weighted by molar-refractivity contribution is 5.49. The Labute approximate surface area is 150 Å². The van der Waals surface area contributed by atoms with E-state index in [1.54, 1.807) is 7.11 Å². The second kappa shape index (κ2) is 7.79. The van der Waals surface area contributed by atoms with Gasteiger partial charge in [-0.05, 0) is 50.6 Å². The zero-order valence-corrected chi connectivity index (χ0v) is 15.5. The van der Waals surface area contributed by atoms with Crippen LogP contribution in [0.2, 0.25) is 0 Å². The summed E-state index contributed by atoms with van der Waals surface area (Å²) in [5.41, 5.74) is 3.62. The van der Waals surface area contributed by atoms with Crippen LogP contribution in [0.25, 0.3) is 0 Å². The fourth-order valence-electron chi connectivity index (χ4n) is 3.23. The average molecular weight is 341 g/mol. The zero-order valence-electron chi connectivity index (χ0n) is 15.5. The van der Waals surface area contributed by atoms with Crippen LogP contribution in [0, 0.1) is 0 Å². The van der Waals surface area contributed by atoms with Crippen molar-refractivity contribution >= 4 is 0 Å².